The number of aromatic nitrogens is 2. The van der Waals surface area contributed by atoms with Crippen molar-refractivity contribution in [3.63, 3.8) is 0 Å². The van der Waals surface area contributed by atoms with Gasteiger partial charge in [-0.3, -0.25) is 4.79 Å². The van der Waals surface area contributed by atoms with Crippen LogP contribution in [-0.4, -0.2) is 44.0 Å². The zero-order valence-corrected chi connectivity index (χ0v) is 16.3. The smallest absolute Gasteiger partial charge is 0.258 e. The minimum absolute atomic E-state index is 0.121. The van der Waals surface area contributed by atoms with E-state index in [2.05, 4.69) is 15.5 Å². The van der Waals surface area contributed by atoms with Crippen LogP contribution in [0.1, 0.15) is 5.56 Å². The van der Waals surface area contributed by atoms with E-state index in [1.54, 1.807) is 36.4 Å². The van der Waals surface area contributed by atoms with E-state index in [0.29, 0.717) is 28.9 Å². The Morgan fingerprint density at radius 1 is 1.03 bits per heavy atom. The van der Waals surface area contributed by atoms with Crippen LogP contribution in [-0.2, 0) is 11.3 Å². The van der Waals surface area contributed by atoms with Crippen molar-refractivity contribution < 1.29 is 28.2 Å². The van der Waals surface area contributed by atoms with Crippen molar-refractivity contribution in [3.05, 3.63) is 48.4 Å². The number of benzene rings is 2. The second-order valence-electron chi connectivity index (χ2n) is 5.87. The second-order valence-corrected chi connectivity index (χ2v) is 5.87. The first-order valence-corrected chi connectivity index (χ1v) is 8.69. The van der Waals surface area contributed by atoms with Crippen LogP contribution < -0.4 is 24.3 Å². The Kier molecular flexibility index (Phi) is 6.51. The van der Waals surface area contributed by atoms with Gasteiger partial charge in [0.1, 0.15) is 5.75 Å². The van der Waals surface area contributed by atoms with Crippen molar-refractivity contribution in [2.45, 2.75) is 6.54 Å². The maximum absolute atomic E-state index is 12.1. The lowest BCUT2D eigenvalue weighted by molar-refractivity contribution is -0.123. The number of hydrogen-bond donors (Lipinski definition) is 1. The fraction of sp³-hybridized carbons (Fsp3) is 0.250. The maximum Gasteiger partial charge on any atom is 0.258 e. The van der Waals surface area contributed by atoms with Crippen LogP contribution in [0.25, 0.3) is 11.5 Å². The molecule has 29 heavy (non-hydrogen) atoms. The third-order valence-corrected chi connectivity index (χ3v) is 4.05. The van der Waals surface area contributed by atoms with E-state index in [4.69, 9.17) is 23.4 Å². The molecular weight excluding hydrogens is 378 g/mol. The first kappa shape index (κ1) is 20.0. The third kappa shape index (κ3) is 4.95. The van der Waals surface area contributed by atoms with Crippen LogP contribution in [0.2, 0.25) is 0 Å². The monoisotopic (exact) mass is 399 g/mol. The molecule has 0 spiro atoms. The molecule has 0 aliphatic heterocycles. The average molecular weight is 399 g/mol. The highest BCUT2D eigenvalue weighted by atomic mass is 16.5. The minimum atomic E-state index is -0.264. The number of carbonyl (C=O) groups is 1. The summed E-state index contributed by atoms with van der Waals surface area (Å²) in [5.74, 6) is 2.25. The molecular formula is C20H21N3O6. The molecule has 0 saturated carbocycles. The van der Waals surface area contributed by atoms with Crippen LogP contribution in [0.3, 0.4) is 0 Å². The van der Waals surface area contributed by atoms with Crippen molar-refractivity contribution in [1.82, 2.24) is 15.5 Å². The summed E-state index contributed by atoms with van der Waals surface area (Å²) in [5.41, 5.74) is 1.57. The van der Waals surface area contributed by atoms with Gasteiger partial charge in [0.25, 0.3) is 5.91 Å². The molecule has 0 bridgehead atoms. The Morgan fingerprint density at radius 2 is 1.72 bits per heavy atom. The Labute approximate surface area is 167 Å². The molecule has 0 aliphatic rings. The zero-order valence-electron chi connectivity index (χ0n) is 16.3. The van der Waals surface area contributed by atoms with Gasteiger partial charge in [0.2, 0.25) is 18.0 Å². The van der Waals surface area contributed by atoms with Crippen LogP contribution in [0.15, 0.2) is 47.2 Å². The summed E-state index contributed by atoms with van der Waals surface area (Å²) < 4.78 is 26.5. The lowest BCUT2D eigenvalue weighted by Crippen LogP contribution is -2.28. The molecule has 0 aliphatic carbocycles. The van der Waals surface area contributed by atoms with Gasteiger partial charge in [0, 0.05) is 12.1 Å². The van der Waals surface area contributed by atoms with Crippen molar-refractivity contribution in [2.24, 2.45) is 0 Å². The highest BCUT2D eigenvalue weighted by molar-refractivity contribution is 5.77. The number of methoxy groups -OCH3 is 3. The standard InChI is InChI=1S/C20H21N3O6/c1-25-16-8-13(9-17(26-2)19(16)27-3)10-21-18(24)11-28-15-6-4-14(5-7-15)20-23-22-12-29-20/h4-9,12H,10-11H2,1-3H3,(H,21,24). The molecule has 0 unspecified atom stereocenters. The van der Waals surface area contributed by atoms with Crippen LogP contribution >= 0.6 is 0 Å². The van der Waals surface area contributed by atoms with Crippen LogP contribution in [0.4, 0.5) is 0 Å². The van der Waals surface area contributed by atoms with Crippen LogP contribution in [0, 0.1) is 0 Å². The van der Waals surface area contributed by atoms with E-state index >= 15 is 0 Å². The molecule has 152 valence electrons. The lowest BCUT2D eigenvalue weighted by Gasteiger charge is -2.14. The lowest BCUT2D eigenvalue weighted by atomic mass is 10.1. The predicted octanol–water partition coefficient (Wildman–Crippen LogP) is 2.46. The van der Waals surface area contributed by atoms with Gasteiger partial charge in [-0.25, -0.2) is 0 Å². The van der Waals surface area contributed by atoms with E-state index in [-0.39, 0.29) is 19.1 Å². The van der Waals surface area contributed by atoms with Gasteiger partial charge in [-0.2, -0.15) is 0 Å². The first-order valence-electron chi connectivity index (χ1n) is 8.69. The Morgan fingerprint density at radius 3 is 2.28 bits per heavy atom. The van der Waals surface area contributed by atoms with Crippen molar-refractivity contribution in [3.8, 4) is 34.5 Å². The number of amides is 1. The fourth-order valence-electron chi connectivity index (χ4n) is 2.63. The van der Waals surface area contributed by atoms with Gasteiger partial charge in [0.05, 0.1) is 21.3 Å². The number of carbonyl (C=O) groups excluding carboxylic acids is 1. The number of ether oxygens (including phenoxy) is 4. The van der Waals surface area contributed by atoms with Gasteiger partial charge in [-0.05, 0) is 42.0 Å². The van der Waals surface area contributed by atoms with Gasteiger partial charge in [0.15, 0.2) is 18.1 Å². The largest absolute Gasteiger partial charge is 0.493 e. The second kappa shape index (κ2) is 9.45. The number of nitrogens with one attached hydrogen (secondary N) is 1. The fourth-order valence-corrected chi connectivity index (χ4v) is 2.63. The van der Waals surface area contributed by atoms with E-state index in [1.807, 2.05) is 0 Å². The molecule has 1 heterocycles. The molecule has 0 radical (unpaired) electrons. The molecule has 0 saturated heterocycles. The van der Waals surface area contributed by atoms with E-state index in [0.717, 1.165) is 11.1 Å². The Bertz CT molecular complexity index is 916. The van der Waals surface area contributed by atoms with Crippen molar-refractivity contribution in [1.29, 1.82) is 0 Å². The third-order valence-electron chi connectivity index (χ3n) is 4.05. The predicted molar refractivity (Wildman–Crippen MR) is 103 cm³/mol. The van der Waals surface area contributed by atoms with Crippen LogP contribution in [0.5, 0.6) is 23.0 Å². The summed E-state index contributed by atoms with van der Waals surface area (Å²) in [4.78, 5) is 12.1. The topological polar surface area (TPSA) is 105 Å². The molecule has 1 amide bonds. The van der Waals surface area contributed by atoms with Crippen molar-refractivity contribution >= 4 is 5.91 Å². The first-order chi connectivity index (χ1) is 14.1. The van der Waals surface area contributed by atoms with E-state index in [1.165, 1.54) is 27.7 Å². The van der Waals surface area contributed by atoms with Crippen molar-refractivity contribution in [2.75, 3.05) is 27.9 Å². The minimum Gasteiger partial charge on any atom is -0.493 e. The zero-order chi connectivity index (χ0) is 20.6. The molecule has 9 nitrogen and oxygen atoms in total. The summed E-state index contributed by atoms with van der Waals surface area (Å²) in [5, 5.41) is 10.3. The molecule has 1 N–H and O–H groups in total. The molecule has 0 atom stereocenters. The molecule has 1 aromatic heterocycles. The molecule has 2 aromatic carbocycles. The Balaban J connectivity index is 1.53. The molecule has 0 fully saturated rings. The van der Waals surface area contributed by atoms with E-state index < -0.39 is 0 Å². The number of nitrogens with zero attached hydrogens (tertiary/aromatic N) is 2. The maximum atomic E-state index is 12.1. The van der Waals surface area contributed by atoms with Gasteiger partial charge >= 0.3 is 0 Å². The highest BCUT2D eigenvalue weighted by Crippen LogP contribution is 2.38. The summed E-state index contributed by atoms with van der Waals surface area (Å²) in [6.45, 7) is 0.166. The molecule has 9 heteroatoms. The molecule has 3 aromatic rings. The Hall–Kier alpha value is -3.75. The summed E-state index contributed by atoms with van der Waals surface area (Å²) >= 11 is 0. The normalized spacial score (nSPS) is 10.3. The summed E-state index contributed by atoms with van der Waals surface area (Å²) in [6, 6.07) is 10.6. The summed E-state index contributed by atoms with van der Waals surface area (Å²) in [7, 11) is 4.61. The highest BCUT2D eigenvalue weighted by Gasteiger charge is 2.14. The SMILES string of the molecule is COc1cc(CNC(=O)COc2ccc(-c3nnco3)cc2)cc(OC)c1OC. The van der Waals surface area contributed by atoms with Gasteiger partial charge in [-0.1, -0.05) is 0 Å². The quantitative estimate of drug-likeness (QED) is 0.585. The molecule has 3 rings (SSSR count). The van der Waals surface area contributed by atoms with Gasteiger partial charge < -0.3 is 28.7 Å². The summed E-state index contributed by atoms with van der Waals surface area (Å²) in [6.07, 6.45) is 1.26. The number of hydrogen-bond acceptors (Lipinski definition) is 8. The van der Waals surface area contributed by atoms with Gasteiger partial charge in [-0.15, -0.1) is 10.2 Å². The van der Waals surface area contributed by atoms with E-state index in [9.17, 15) is 4.79 Å². The average Bonchev–Trinajstić information content (AvgIpc) is 3.30. The number of rotatable bonds is 9.